The Bertz CT molecular complexity index is 924. The van der Waals surface area contributed by atoms with Crippen LogP contribution in [0.5, 0.6) is 0 Å². The predicted molar refractivity (Wildman–Crippen MR) is 97.8 cm³/mol. The Morgan fingerprint density at radius 3 is 1.92 bits per heavy atom. The molecule has 25 heavy (non-hydrogen) atoms. The van der Waals surface area contributed by atoms with E-state index < -0.39 is 10.0 Å². The first-order chi connectivity index (χ1) is 12.0. The van der Waals surface area contributed by atoms with Crippen LogP contribution >= 0.6 is 0 Å². The van der Waals surface area contributed by atoms with Crippen LogP contribution in [-0.2, 0) is 23.1 Å². The normalized spacial score (nSPS) is 11.2. The zero-order valence-electron chi connectivity index (χ0n) is 13.8. The van der Waals surface area contributed by atoms with Gasteiger partial charge in [0.2, 0.25) is 11.9 Å². The van der Waals surface area contributed by atoms with Crippen molar-refractivity contribution in [3.05, 3.63) is 71.8 Å². The molecule has 0 saturated heterocycles. The molecule has 0 fully saturated rings. The summed E-state index contributed by atoms with van der Waals surface area (Å²) in [5, 5.41) is 10.1. The number of benzene rings is 2. The van der Waals surface area contributed by atoms with Crippen LogP contribution < -0.4 is 10.6 Å². The van der Waals surface area contributed by atoms with Gasteiger partial charge in [-0.05, 0) is 11.1 Å². The molecule has 3 rings (SSSR count). The summed E-state index contributed by atoms with van der Waals surface area (Å²) in [6.45, 7) is 0.958. The van der Waals surface area contributed by atoms with E-state index in [1.54, 1.807) is 0 Å². The van der Waals surface area contributed by atoms with Gasteiger partial charge in [-0.25, -0.2) is 8.42 Å². The quantitative estimate of drug-likeness (QED) is 0.674. The second-order valence-electron chi connectivity index (χ2n) is 5.54. The van der Waals surface area contributed by atoms with Gasteiger partial charge in [0.05, 0.1) is 6.26 Å². The van der Waals surface area contributed by atoms with Crippen LogP contribution in [0.15, 0.2) is 60.7 Å². The van der Waals surface area contributed by atoms with Crippen molar-refractivity contribution < 1.29 is 8.42 Å². The third kappa shape index (κ3) is 4.57. The maximum atomic E-state index is 11.9. The Labute approximate surface area is 146 Å². The number of anilines is 2. The van der Waals surface area contributed by atoms with Gasteiger partial charge < -0.3 is 10.6 Å². The molecule has 1 heterocycles. The van der Waals surface area contributed by atoms with Crippen molar-refractivity contribution >= 4 is 21.9 Å². The average Bonchev–Trinajstić information content (AvgIpc) is 3.04. The first kappa shape index (κ1) is 17.0. The van der Waals surface area contributed by atoms with Gasteiger partial charge in [0, 0.05) is 13.1 Å². The van der Waals surface area contributed by atoms with Gasteiger partial charge >= 0.3 is 0 Å². The van der Waals surface area contributed by atoms with Crippen LogP contribution in [0.25, 0.3) is 0 Å². The van der Waals surface area contributed by atoms with Crippen molar-refractivity contribution in [3.8, 4) is 0 Å². The van der Waals surface area contributed by atoms with E-state index in [0.717, 1.165) is 21.5 Å². The molecule has 1 aromatic heterocycles. The molecule has 0 radical (unpaired) electrons. The summed E-state index contributed by atoms with van der Waals surface area (Å²) in [5.41, 5.74) is 2.07. The predicted octanol–water partition coefficient (Wildman–Crippen LogP) is 2.31. The van der Waals surface area contributed by atoms with Gasteiger partial charge in [-0.15, -0.1) is 9.19 Å². The van der Waals surface area contributed by atoms with Gasteiger partial charge in [0.1, 0.15) is 0 Å². The van der Waals surface area contributed by atoms with Gasteiger partial charge in [-0.2, -0.15) is 4.98 Å². The highest BCUT2D eigenvalue weighted by molar-refractivity contribution is 7.89. The summed E-state index contributed by atoms with van der Waals surface area (Å²) in [7, 11) is -3.56. The number of aromatic nitrogens is 3. The van der Waals surface area contributed by atoms with E-state index in [4.69, 9.17) is 0 Å². The molecule has 0 aliphatic carbocycles. The summed E-state index contributed by atoms with van der Waals surface area (Å²) >= 11 is 0. The van der Waals surface area contributed by atoms with E-state index in [0.29, 0.717) is 13.1 Å². The number of hydrogen-bond acceptors (Lipinski definition) is 6. The van der Waals surface area contributed by atoms with E-state index in [1.807, 2.05) is 60.7 Å². The largest absolute Gasteiger partial charge is 0.349 e. The molecule has 8 heteroatoms. The third-order valence-electron chi connectivity index (χ3n) is 3.48. The molecular formula is C17H19N5O2S. The van der Waals surface area contributed by atoms with Crippen molar-refractivity contribution in [2.75, 3.05) is 16.9 Å². The average molecular weight is 357 g/mol. The first-order valence-electron chi connectivity index (χ1n) is 7.75. The van der Waals surface area contributed by atoms with Crippen molar-refractivity contribution in [1.29, 1.82) is 0 Å². The topological polar surface area (TPSA) is 88.9 Å². The standard InChI is InChI=1S/C17H19N5O2S/c1-25(23,24)22-17(19-13-15-10-6-3-7-11-15)20-16(21-22)18-12-14-8-4-2-5-9-14/h2-11H,12-13H2,1H3,(H2,18,19,20,21). The molecule has 0 bridgehead atoms. The lowest BCUT2D eigenvalue weighted by molar-refractivity contribution is 0.587. The van der Waals surface area contributed by atoms with E-state index in [2.05, 4.69) is 20.7 Å². The SMILES string of the molecule is CS(=O)(=O)n1nc(NCc2ccccc2)nc1NCc1ccccc1. The minimum atomic E-state index is -3.56. The molecule has 0 unspecified atom stereocenters. The molecule has 0 aliphatic heterocycles. The maximum absolute atomic E-state index is 11.9. The van der Waals surface area contributed by atoms with E-state index in [-0.39, 0.29) is 11.9 Å². The molecule has 0 amide bonds. The first-order valence-corrected chi connectivity index (χ1v) is 9.60. The van der Waals surface area contributed by atoms with Crippen molar-refractivity contribution in [1.82, 2.24) is 14.2 Å². The second-order valence-corrected chi connectivity index (χ2v) is 7.36. The van der Waals surface area contributed by atoms with E-state index in [9.17, 15) is 8.42 Å². The lowest BCUT2D eigenvalue weighted by atomic mass is 10.2. The van der Waals surface area contributed by atoms with Gasteiger partial charge in [-0.1, -0.05) is 60.7 Å². The fourth-order valence-corrected chi connectivity index (χ4v) is 2.91. The summed E-state index contributed by atoms with van der Waals surface area (Å²) in [6, 6.07) is 19.4. The molecule has 0 aliphatic rings. The summed E-state index contributed by atoms with van der Waals surface area (Å²) in [4.78, 5) is 4.26. The van der Waals surface area contributed by atoms with Crippen molar-refractivity contribution in [2.45, 2.75) is 13.1 Å². The van der Waals surface area contributed by atoms with Crippen LogP contribution in [0, 0.1) is 0 Å². The fraction of sp³-hybridized carbons (Fsp3) is 0.176. The molecule has 3 aromatic rings. The third-order valence-corrected chi connectivity index (χ3v) is 4.36. The van der Waals surface area contributed by atoms with E-state index >= 15 is 0 Å². The Hall–Kier alpha value is -2.87. The van der Waals surface area contributed by atoms with Crippen molar-refractivity contribution in [2.24, 2.45) is 0 Å². The van der Waals surface area contributed by atoms with Crippen LogP contribution in [-0.4, -0.2) is 28.8 Å². The minimum Gasteiger partial charge on any atom is -0.349 e. The van der Waals surface area contributed by atoms with Gasteiger partial charge in [0.25, 0.3) is 10.0 Å². The van der Waals surface area contributed by atoms with E-state index in [1.165, 1.54) is 0 Å². The molecule has 2 N–H and O–H groups in total. The Balaban J connectivity index is 1.75. The zero-order chi connectivity index (χ0) is 17.7. The lowest BCUT2D eigenvalue weighted by Crippen LogP contribution is -2.16. The van der Waals surface area contributed by atoms with Crippen LogP contribution in [0.4, 0.5) is 11.9 Å². The van der Waals surface area contributed by atoms with Crippen LogP contribution in [0.1, 0.15) is 11.1 Å². The van der Waals surface area contributed by atoms with Crippen LogP contribution in [0.2, 0.25) is 0 Å². The Morgan fingerprint density at radius 2 is 1.40 bits per heavy atom. The smallest absolute Gasteiger partial charge is 0.254 e. The van der Waals surface area contributed by atoms with Gasteiger partial charge in [0.15, 0.2) is 0 Å². The number of hydrogen-bond donors (Lipinski definition) is 2. The molecule has 7 nitrogen and oxygen atoms in total. The highest BCUT2D eigenvalue weighted by Gasteiger charge is 2.17. The lowest BCUT2D eigenvalue weighted by Gasteiger charge is -2.05. The highest BCUT2D eigenvalue weighted by Crippen LogP contribution is 2.14. The van der Waals surface area contributed by atoms with Crippen LogP contribution in [0.3, 0.4) is 0 Å². The number of nitrogens with zero attached hydrogens (tertiary/aromatic N) is 3. The fourth-order valence-electron chi connectivity index (χ4n) is 2.27. The molecular weight excluding hydrogens is 338 g/mol. The number of nitrogens with one attached hydrogen (secondary N) is 2. The highest BCUT2D eigenvalue weighted by atomic mass is 32.2. The summed E-state index contributed by atoms with van der Waals surface area (Å²) < 4.78 is 24.8. The molecule has 130 valence electrons. The monoisotopic (exact) mass is 357 g/mol. The summed E-state index contributed by atoms with van der Waals surface area (Å²) in [5.74, 6) is 0.437. The van der Waals surface area contributed by atoms with Crippen molar-refractivity contribution in [3.63, 3.8) is 0 Å². The minimum absolute atomic E-state index is 0.182. The molecule has 2 aromatic carbocycles. The Kier molecular flexibility index (Phi) is 4.99. The zero-order valence-corrected chi connectivity index (χ0v) is 14.6. The van der Waals surface area contributed by atoms with Gasteiger partial charge in [-0.3, -0.25) is 0 Å². The Morgan fingerprint density at radius 1 is 0.880 bits per heavy atom. The number of rotatable bonds is 7. The summed E-state index contributed by atoms with van der Waals surface area (Å²) in [6.07, 6.45) is 1.09. The molecule has 0 spiro atoms. The second kappa shape index (κ2) is 7.35. The molecule has 0 atom stereocenters. The maximum Gasteiger partial charge on any atom is 0.254 e. The molecule has 0 saturated carbocycles.